The highest BCUT2D eigenvalue weighted by molar-refractivity contribution is 5.56. The number of hydrogen-bond acceptors (Lipinski definition) is 2. The van der Waals surface area contributed by atoms with Crippen molar-refractivity contribution in [1.82, 2.24) is 0 Å². The first-order valence-corrected chi connectivity index (χ1v) is 6.56. The van der Waals surface area contributed by atoms with Crippen LogP contribution >= 0.6 is 0 Å². The number of para-hydroxylation sites is 1. The summed E-state index contributed by atoms with van der Waals surface area (Å²) in [5.41, 5.74) is 9.23. The Morgan fingerprint density at radius 1 is 1.11 bits per heavy atom. The Morgan fingerprint density at radius 3 is 2.68 bits per heavy atom. The first-order chi connectivity index (χ1) is 9.24. The molecule has 0 saturated heterocycles. The molecule has 0 aromatic heterocycles. The third kappa shape index (κ3) is 2.47. The predicted molar refractivity (Wildman–Crippen MR) is 75.6 cm³/mol. The van der Waals surface area contributed by atoms with Crippen LogP contribution in [-0.2, 0) is 13.0 Å². The number of fused-ring (bicyclic) bond motifs is 1. The summed E-state index contributed by atoms with van der Waals surface area (Å²) < 4.78 is 13.8. The zero-order valence-electron chi connectivity index (χ0n) is 10.7. The molecule has 0 aliphatic carbocycles. The van der Waals surface area contributed by atoms with Crippen molar-refractivity contribution in [3.8, 4) is 0 Å². The van der Waals surface area contributed by atoms with E-state index in [1.165, 1.54) is 17.3 Å². The van der Waals surface area contributed by atoms with Gasteiger partial charge in [-0.15, -0.1) is 0 Å². The van der Waals surface area contributed by atoms with Gasteiger partial charge in [-0.25, -0.2) is 4.39 Å². The number of hydrogen-bond donors (Lipinski definition) is 1. The predicted octanol–water partition coefficient (Wildman–Crippen LogP) is 2.72. The average Bonchev–Trinajstić information content (AvgIpc) is 2.41. The molecule has 2 N–H and O–H groups in total. The van der Waals surface area contributed by atoms with Crippen LogP contribution in [0.15, 0.2) is 48.5 Å². The van der Waals surface area contributed by atoms with E-state index in [2.05, 4.69) is 17.0 Å². The van der Waals surface area contributed by atoms with E-state index in [0.717, 1.165) is 13.0 Å². The van der Waals surface area contributed by atoms with Gasteiger partial charge in [0.2, 0.25) is 0 Å². The molecule has 1 heterocycles. The fourth-order valence-corrected chi connectivity index (χ4v) is 2.70. The van der Waals surface area contributed by atoms with Crippen molar-refractivity contribution in [3.05, 3.63) is 65.5 Å². The minimum absolute atomic E-state index is 0.113. The van der Waals surface area contributed by atoms with Crippen molar-refractivity contribution in [3.63, 3.8) is 0 Å². The summed E-state index contributed by atoms with van der Waals surface area (Å²) in [5, 5.41) is 0. The first-order valence-electron chi connectivity index (χ1n) is 6.56. The molecule has 1 aliphatic heterocycles. The smallest absolute Gasteiger partial charge is 0.128 e. The Kier molecular flexibility index (Phi) is 3.22. The lowest BCUT2D eigenvalue weighted by molar-refractivity contribution is 0.573. The van der Waals surface area contributed by atoms with Crippen LogP contribution in [0.4, 0.5) is 10.1 Å². The molecule has 1 unspecified atom stereocenters. The molecule has 0 spiro atoms. The topological polar surface area (TPSA) is 29.3 Å². The van der Waals surface area contributed by atoms with Gasteiger partial charge in [-0.1, -0.05) is 36.4 Å². The van der Waals surface area contributed by atoms with E-state index in [9.17, 15) is 4.39 Å². The van der Waals surface area contributed by atoms with Gasteiger partial charge >= 0.3 is 0 Å². The number of halogens is 1. The number of benzene rings is 2. The van der Waals surface area contributed by atoms with Crippen molar-refractivity contribution in [1.29, 1.82) is 0 Å². The third-order valence-corrected chi connectivity index (χ3v) is 3.59. The van der Waals surface area contributed by atoms with Crippen LogP contribution in [-0.4, -0.2) is 12.6 Å². The highest BCUT2D eigenvalue weighted by Gasteiger charge is 2.22. The Labute approximate surface area is 112 Å². The van der Waals surface area contributed by atoms with Gasteiger partial charge in [-0.3, -0.25) is 0 Å². The molecule has 0 fully saturated rings. The standard InChI is InChI=1S/C16H17FN2/c17-15-7-3-1-6-13(15)10-19-11-14(18)9-12-5-2-4-8-16(12)19/h1-8,14H,9-11,18H2. The van der Waals surface area contributed by atoms with Gasteiger partial charge < -0.3 is 10.6 Å². The molecule has 0 saturated carbocycles. The van der Waals surface area contributed by atoms with Crippen molar-refractivity contribution >= 4 is 5.69 Å². The summed E-state index contributed by atoms with van der Waals surface area (Å²) in [6.07, 6.45) is 0.893. The maximum atomic E-state index is 13.8. The van der Waals surface area contributed by atoms with E-state index < -0.39 is 0 Å². The van der Waals surface area contributed by atoms with Crippen LogP contribution in [0.2, 0.25) is 0 Å². The summed E-state index contributed by atoms with van der Waals surface area (Å²) in [6, 6.07) is 15.3. The van der Waals surface area contributed by atoms with E-state index in [0.29, 0.717) is 12.1 Å². The summed E-state index contributed by atoms with van der Waals surface area (Å²) >= 11 is 0. The van der Waals surface area contributed by atoms with Gasteiger partial charge in [0.25, 0.3) is 0 Å². The van der Waals surface area contributed by atoms with Crippen LogP contribution in [0, 0.1) is 5.82 Å². The molecule has 2 nitrogen and oxygen atoms in total. The van der Waals surface area contributed by atoms with Gasteiger partial charge in [0.15, 0.2) is 0 Å². The Balaban J connectivity index is 1.91. The van der Waals surface area contributed by atoms with Gasteiger partial charge in [-0.05, 0) is 24.1 Å². The van der Waals surface area contributed by atoms with Gasteiger partial charge in [0.05, 0.1) is 0 Å². The summed E-state index contributed by atoms with van der Waals surface area (Å²) in [6.45, 7) is 1.34. The van der Waals surface area contributed by atoms with Gasteiger partial charge in [0.1, 0.15) is 5.82 Å². The van der Waals surface area contributed by atoms with E-state index >= 15 is 0 Å². The lowest BCUT2D eigenvalue weighted by Crippen LogP contribution is -2.43. The molecule has 0 radical (unpaired) electrons. The molecule has 19 heavy (non-hydrogen) atoms. The molecular weight excluding hydrogens is 239 g/mol. The van der Waals surface area contributed by atoms with Crippen molar-refractivity contribution < 1.29 is 4.39 Å². The Hall–Kier alpha value is -1.87. The van der Waals surface area contributed by atoms with Crippen LogP contribution < -0.4 is 10.6 Å². The van der Waals surface area contributed by atoms with E-state index in [4.69, 9.17) is 5.73 Å². The molecule has 2 aromatic carbocycles. The van der Waals surface area contributed by atoms with Crippen LogP contribution in [0.25, 0.3) is 0 Å². The van der Waals surface area contributed by atoms with E-state index in [-0.39, 0.29) is 11.9 Å². The summed E-state index contributed by atoms with van der Waals surface area (Å²) in [4.78, 5) is 2.17. The largest absolute Gasteiger partial charge is 0.365 e. The minimum Gasteiger partial charge on any atom is -0.365 e. The lowest BCUT2D eigenvalue weighted by Gasteiger charge is -2.34. The number of nitrogens with zero attached hydrogens (tertiary/aromatic N) is 1. The third-order valence-electron chi connectivity index (χ3n) is 3.59. The summed E-state index contributed by atoms with van der Waals surface area (Å²) in [7, 11) is 0. The zero-order valence-corrected chi connectivity index (χ0v) is 10.7. The fraction of sp³-hybridized carbons (Fsp3) is 0.250. The maximum Gasteiger partial charge on any atom is 0.128 e. The van der Waals surface area contributed by atoms with Crippen molar-refractivity contribution in [2.75, 3.05) is 11.4 Å². The van der Waals surface area contributed by atoms with E-state index in [1.54, 1.807) is 6.07 Å². The molecule has 1 atom stereocenters. The van der Waals surface area contributed by atoms with Crippen molar-refractivity contribution in [2.45, 2.75) is 19.0 Å². The first kappa shape index (κ1) is 12.2. The van der Waals surface area contributed by atoms with Crippen LogP contribution in [0.3, 0.4) is 0 Å². The second-order valence-corrected chi connectivity index (χ2v) is 5.06. The zero-order chi connectivity index (χ0) is 13.2. The second-order valence-electron chi connectivity index (χ2n) is 5.06. The van der Waals surface area contributed by atoms with Crippen LogP contribution in [0.5, 0.6) is 0 Å². The SMILES string of the molecule is NC1Cc2ccccc2N(Cc2ccccc2F)C1. The average molecular weight is 256 g/mol. The number of anilines is 1. The number of rotatable bonds is 2. The number of nitrogens with two attached hydrogens (primary N) is 1. The second kappa shape index (κ2) is 5.02. The lowest BCUT2D eigenvalue weighted by atomic mass is 9.98. The molecule has 1 aliphatic rings. The fourth-order valence-electron chi connectivity index (χ4n) is 2.70. The van der Waals surface area contributed by atoms with Crippen molar-refractivity contribution in [2.24, 2.45) is 5.73 Å². The summed E-state index contributed by atoms with van der Waals surface area (Å²) in [5.74, 6) is -0.154. The molecule has 0 bridgehead atoms. The van der Waals surface area contributed by atoms with E-state index in [1.807, 2.05) is 24.3 Å². The van der Waals surface area contributed by atoms with Gasteiger partial charge in [0, 0.05) is 30.4 Å². The van der Waals surface area contributed by atoms with Gasteiger partial charge in [-0.2, -0.15) is 0 Å². The molecule has 98 valence electrons. The quantitative estimate of drug-likeness (QED) is 0.895. The Morgan fingerprint density at radius 2 is 1.84 bits per heavy atom. The monoisotopic (exact) mass is 256 g/mol. The normalized spacial score (nSPS) is 18.2. The molecule has 3 heteroatoms. The molecule has 3 rings (SSSR count). The Bertz CT molecular complexity index is 582. The molecule has 2 aromatic rings. The van der Waals surface area contributed by atoms with Crippen LogP contribution in [0.1, 0.15) is 11.1 Å². The highest BCUT2D eigenvalue weighted by atomic mass is 19.1. The minimum atomic E-state index is -0.154. The molecule has 0 amide bonds. The molecular formula is C16H17FN2. The highest BCUT2D eigenvalue weighted by Crippen LogP contribution is 2.28. The maximum absolute atomic E-state index is 13.8.